The molecule has 0 aromatic heterocycles. The van der Waals surface area contributed by atoms with E-state index in [0.717, 1.165) is 5.66 Å². The van der Waals surface area contributed by atoms with Crippen molar-refractivity contribution in [2.45, 2.75) is 37.4 Å². The molecule has 0 radical (unpaired) electrons. The van der Waals surface area contributed by atoms with Crippen molar-refractivity contribution in [1.29, 1.82) is 0 Å². The Balaban J connectivity index is 2.18. The lowest BCUT2D eigenvalue weighted by Gasteiger charge is -2.24. The van der Waals surface area contributed by atoms with Gasteiger partial charge in [0, 0.05) is 7.11 Å². The maximum atomic E-state index is 5.23. The van der Waals surface area contributed by atoms with E-state index >= 15 is 0 Å². The molecule has 1 nitrogen and oxygen atoms in total. The molecular formula is C7H15OP. The Morgan fingerprint density at radius 2 is 1.78 bits per heavy atom. The molecule has 1 atom stereocenters. The third-order valence-electron chi connectivity index (χ3n) is 2.05. The molecule has 0 bridgehead atoms. The van der Waals surface area contributed by atoms with Gasteiger partial charge in [-0.05, 0) is 31.3 Å². The van der Waals surface area contributed by atoms with E-state index in [9.17, 15) is 0 Å². The van der Waals surface area contributed by atoms with Gasteiger partial charge in [0.25, 0.3) is 0 Å². The molecule has 0 aromatic carbocycles. The Bertz CT molecular complexity index is 77.0. The van der Waals surface area contributed by atoms with Crippen LogP contribution in [-0.2, 0) is 4.74 Å². The average molecular weight is 146 g/mol. The molecule has 1 unspecified atom stereocenters. The van der Waals surface area contributed by atoms with E-state index in [4.69, 9.17) is 4.74 Å². The molecular weight excluding hydrogens is 131 g/mol. The molecule has 9 heavy (non-hydrogen) atoms. The number of ether oxygens (including phenoxy) is 1. The second-order valence-electron chi connectivity index (χ2n) is 2.77. The molecule has 1 rings (SSSR count). The third-order valence-corrected chi connectivity index (χ3v) is 2.72. The van der Waals surface area contributed by atoms with Crippen LogP contribution in [-0.4, -0.2) is 18.9 Å². The van der Waals surface area contributed by atoms with Gasteiger partial charge in [0.15, 0.2) is 0 Å². The van der Waals surface area contributed by atoms with Crippen LogP contribution < -0.4 is 0 Å². The minimum absolute atomic E-state index is 0.557. The van der Waals surface area contributed by atoms with E-state index in [1.807, 2.05) is 7.11 Å². The Hall–Kier alpha value is 0.390. The molecule has 1 fully saturated rings. The smallest absolute Gasteiger partial charge is 0.0571 e. The van der Waals surface area contributed by atoms with Gasteiger partial charge in [-0.25, -0.2) is 0 Å². The van der Waals surface area contributed by atoms with E-state index in [1.165, 1.54) is 25.7 Å². The molecule has 0 heterocycles. The summed E-state index contributed by atoms with van der Waals surface area (Å²) in [7, 11) is 4.70. The first-order chi connectivity index (χ1) is 4.33. The molecule has 1 saturated carbocycles. The lowest BCUT2D eigenvalue weighted by atomic mass is 9.97. The molecule has 0 saturated heterocycles. The second-order valence-corrected chi connectivity index (χ2v) is 3.72. The largest absolute Gasteiger partial charge is 0.381 e. The highest BCUT2D eigenvalue weighted by atomic mass is 31.0. The maximum Gasteiger partial charge on any atom is 0.0571 e. The zero-order valence-corrected chi connectivity index (χ0v) is 7.12. The summed E-state index contributed by atoms with van der Waals surface area (Å²) in [4.78, 5) is 0. The SMILES string of the molecule is COC1CCC(P)CC1. The molecule has 0 N–H and O–H groups in total. The summed E-state index contributed by atoms with van der Waals surface area (Å²) in [5.41, 5.74) is 0.858. The summed E-state index contributed by atoms with van der Waals surface area (Å²) in [5, 5.41) is 0. The first-order valence-electron chi connectivity index (χ1n) is 3.61. The van der Waals surface area contributed by atoms with E-state index in [0.29, 0.717) is 6.10 Å². The topological polar surface area (TPSA) is 9.23 Å². The molecule has 0 aliphatic heterocycles. The van der Waals surface area contributed by atoms with E-state index < -0.39 is 0 Å². The molecule has 0 spiro atoms. The van der Waals surface area contributed by atoms with Crippen LogP contribution in [0, 0.1) is 0 Å². The van der Waals surface area contributed by atoms with Gasteiger partial charge in [-0.15, -0.1) is 9.24 Å². The lowest BCUT2D eigenvalue weighted by Crippen LogP contribution is -2.19. The van der Waals surface area contributed by atoms with Gasteiger partial charge >= 0.3 is 0 Å². The maximum absolute atomic E-state index is 5.23. The average Bonchev–Trinajstić information content (AvgIpc) is 1.90. The van der Waals surface area contributed by atoms with Crippen LogP contribution in [0.1, 0.15) is 25.7 Å². The van der Waals surface area contributed by atoms with Crippen LogP contribution in [0.2, 0.25) is 0 Å². The third kappa shape index (κ3) is 2.23. The van der Waals surface area contributed by atoms with Gasteiger partial charge in [0.05, 0.1) is 6.10 Å². The summed E-state index contributed by atoms with van der Waals surface area (Å²) in [6.07, 6.45) is 5.71. The summed E-state index contributed by atoms with van der Waals surface area (Å²) in [5.74, 6) is 0. The number of rotatable bonds is 1. The van der Waals surface area contributed by atoms with Crippen LogP contribution in [0.25, 0.3) is 0 Å². The lowest BCUT2D eigenvalue weighted by molar-refractivity contribution is 0.0723. The molecule has 0 amide bonds. The number of methoxy groups -OCH3 is 1. The van der Waals surface area contributed by atoms with Crippen LogP contribution in [0.3, 0.4) is 0 Å². The normalized spacial score (nSPS) is 36.7. The predicted octanol–water partition coefficient (Wildman–Crippen LogP) is 1.82. The summed E-state index contributed by atoms with van der Waals surface area (Å²) < 4.78 is 5.23. The summed E-state index contributed by atoms with van der Waals surface area (Å²) in [6.45, 7) is 0. The zero-order valence-electron chi connectivity index (χ0n) is 5.97. The fraction of sp³-hybridized carbons (Fsp3) is 1.00. The van der Waals surface area contributed by atoms with Crippen molar-refractivity contribution in [3.05, 3.63) is 0 Å². The Kier molecular flexibility index (Phi) is 2.94. The van der Waals surface area contributed by atoms with Gasteiger partial charge in [-0.2, -0.15) is 0 Å². The number of hydrogen-bond donors (Lipinski definition) is 0. The van der Waals surface area contributed by atoms with Gasteiger partial charge in [0.1, 0.15) is 0 Å². The van der Waals surface area contributed by atoms with Gasteiger partial charge in [-0.1, -0.05) is 0 Å². The monoisotopic (exact) mass is 146 g/mol. The minimum Gasteiger partial charge on any atom is -0.381 e. The minimum atomic E-state index is 0.557. The first-order valence-corrected chi connectivity index (χ1v) is 4.28. The second kappa shape index (κ2) is 3.53. The van der Waals surface area contributed by atoms with Crippen LogP contribution >= 0.6 is 9.24 Å². The van der Waals surface area contributed by atoms with E-state index in [-0.39, 0.29) is 0 Å². The van der Waals surface area contributed by atoms with Crippen LogP contribution in [0.15, 0.2) is 0 Å². The van der Waals surface area contributed by atoms with E-state index in [2.05, 4.69) is 9.24 Å². The van der Waals surface area contributed by atoms with Gasteiger partial charge in [-0.3, -0.25) is 0 Å². The predicted molar refractivity (Wildman–Crippen MR) is 42.8 cm³/mol. The van der Waals surface area contributed by atoms with E-state index in [1.54, 1.807) is 0 Å². The van der Waals surface area contributed by atoms with Crippen LogP contribution in [0.5, 0.6) is 0 Å². The van der Waals surface area contributed by atoms with Crippen molar-refractivity contribution < 1.29 is 4.74 Å². The molecule has 1 aliphatic rings. The molecule has 1 aliphatic carbocycles. The summed E-state index contributed by atoms with van der Waals surface area (Å²) >= 11 is 0. The van der Waals surface area contributed by atoms with Crippen molar-refractivity contribution in [2.24, 2.45) is 0 Å². The quantitative estimate of drug-likeness (QED) is 0.513. The van der Waals surface area contributed by atoms with Gasteiger partial charge < -0.3 is 4.74 Å². The molecule has 54 valence electrons. The Morgan fingerprint density at radius 1 is 1.22 bits per heavy atom. The molecule has 0 aromatic rings. The van der Waals surface area contributed by atoms with Crippen molar-refractivity contribution in [1.82, 2.24) is 0 Å². The highest BCUT2D eigenvalue weighted by Gasteiger charge is 2.16. The first kappa shape index (κ1) is 7.50. The van der Waals surface area contributed by atoms with Crippen LogP contribution in [0.4, 0.5) is 0 Å². The van der Waals surface area contributed by atoms with Crippen molar-refractivity contribution in [3.63, 3.8) is 0 Å². The number of hydrogen-bond acceptors (Lipinski definition) is 1. The van der Waals surface area contributed by atoms with Crippen molar-refractivity contribution in [3.8, 4) is 0 Å². The summed E-state index contributed by atoms with van der Waals surface area (Å²) in [6, 6.07) is 0. The highest BCUT2D eigenvalue weighted by Crippen LogP contribution is 2.25. The Labute approximate surface area is 59.4 Å². The highest BCUT2D eigenvalue weighted by molar-refractivity contribution is 7.17. The fourth-order valence-corrected chi connectivity index (χ4v) is 1.71. The molecule has 2 heteroatoms. The van der Waals surface area contributed by atoms with Crippen molar-refractivity contribution >= 4 is 9.24 Å². The fourth-order valence-electron chi connectivity index (χ4n) is 1.32. The van der Waals surface area contributed by atoms with Gasteiger partial charge in [0.2, 0.25) is 0 Å². The Morgan fingerprint density at radius 3 is 2.22 bits per heavy atom. The zero-order chi connectivity index (χ0) is 6.69. The standard InChI is InChI=1S/C7H15OP/c1-8-6-2-4-7(9)5-3-6/h6-7H,2-5,9H2,1H3. The van der Waals surface area contributed by atoms with Crippen molar-refractivity contribution in [2.75, 3.05) is 7.11 Å².